The summed E-state index contributed by atoms with van der Waals surface area (Å²) in [4.78, 5) is 27.0. The minimum absolute atomic E-state index is 0.0635. The van der Waals surface area contributed by atoms with Crippen LogP contribution < -0.4 is 0 Å². The van der Waals surface area contributed by atoms with E-state index in [4.69, 9.17) is 9.15 Å². The predicted octanol–water partition coefficient (Wildman–Crippen LogP) is -0.154. The highest BCUT2D eigenvalue weighted by molar-refractivity contribution is 5.80. The maximum atomic E-state index is 12.2. The predicted molar refractivity (Wildman–Crippen MR) is 73.2 cm³/mol. The number of hydrogen-bond donors (Lipinski definition) is 1. The van der Waals surface area contributed by atoms with Crippen LogP contribution in [0.5, 0.6) is 0 Å². The SMILES string of the molecule is COC(=O)C1CC(O)CN1CC(=O)N(C)Cc1ccco1. The second-order valence-corrected chi connectivity index (χ2v) is 5.19. The Hall–Kier alpha value is -1.86. The lowest BCUT2D eigenvalue weighted by molar-refractivity contribution is -0.146. The van der Waals surface area contributed by atoms with Crippen LogP contribution in [0.15, 0.2) is 22.8 Å². The molecule has 2 atom stereocenters. The normalized spacial score (nSPS) is 22.2. The van der Waals surface area contributed by atoms with Gasteiger partial charge in [0.05, 0.1) is 32.6 Å². The summed E-state index contributed by atoms with van der Waals surface area (Å²) >= 11 is 0. The molecule has 21 heavy (non-hydrogen) atoms. The molecule has 1 aromatic rings. The van der Waals surface area contributed by atoms with E-state index < -0.39 is 18.1 Å². The molecular weight excluding hydrogens is 276 g/mol. The third-order valence-electron chi connectivity index (χ3n) is 3.59. The number of likely N-dealkylation sites (N-methyl/N-ethyl adjacent to an activating group) is 1. The largest absolute Gasteiger partial charge is 0.468 e. The first-order valence-corrected chi connectivity index (χ1v) is 6.77. The second-order valence-electron chi connectivity index (χ2n) is 5.19. The summed E-state index contributed by atoms with van der Waals surface area (Å²) in [7, 11) is 2.97. The molecule has 116 valence electrons. The summed E-state index contributed by atoms with van der Waals surface area (Å²) in [6, 6.07) is 2.99. The van der Waals surface area contributed by atoms with Gasteiger partial charge in [0.15, 0.2) is 0 Å². The Labute approximate surface area is 123 Å². The van der Waals surface area contributed by atoms with E-state index in [0.29, 0.717) is 25.3 Å². The molecule has 2 heterocycles. The standard InChI is InChI=1S/C14H20N2O5/c1-15(8-11-4-3-5-21-11)13(18)9-16-7-10(17)6-12(16)14(19)20-2/h3-5,10,12,17H,6-9H2,1-2H3. The molecule has 0 aromatic carbocycles. The number of aliphatic hydroxyl groups excluding tert-OH is 1. The fourth-order valence-corrected chi connectivity index (χ4v) is 2.45. The minimum Gasteiger partial charge on any atom is -0.468 e. The van der Waals surface area contributed by atoms with Crippen molar-refractivity contribution in [2.75, 3.05) is 27.2 Å². The van der Waals surface area contributed by atoms with Crippen LogP contribution >= 0.6 is 0 Å². The number of amides is 1. The molecular formula is C14H20N2O5. The van der Waals surface area contributed by atoms with E-state index in [-0.39, 0.29) is 12.5 Å². The van der Waals surface area contributed by atoms with Crippen LogP contribution in [-0.2, 0) is 20.9 Å². The van der Waals surface area contributed by atoms with Gasteiger partial charge >= 0.3 is 5.97 Å². The fourth-order valence-electron chi connectivity index (χ4n) is 2.45. The van der Waals surface area contributed by atoms with Crippen molar-refractivity contribution in [3.8, 4) is 0 Å². The van der Waals surface area contributed by atoms with Crippen molar-refractivity contribution in [3.63, 3.8) is 0 Å². The first-order valence-electron chi connectivity index (χ1n) is 6.77. The first-order chi connectivity index (χ1) is 10.0. The summed E-state index contributed by atoms with van der Waals surface area (Å²) in [5, 5.41) is 9.68. The molecule has 1 saturated heterocycles. The van der Waals surface area contributed by atoms with Crippen molar-refractivity contribution in [2.45, 2.75) is 25.1 Å². The Morgan fingerprint density at radius 3 is 2.95 bits per heavy atom. The number of carbonyl (C=O) groups is 2. The van der Waals surface area contributed by atoms with Gasteiger partial charge in [-0.1, -0.05) is 0 Å². The van der Waals surface area contributed by atoms with E-state index >= 15 is 0 Å². The van der Waals surface area contributed by atoms with Gasteiger partial charge in [0, 0.05) is 20.0 Å². The van der Waals surface area contributed by atoms with Crippen molar-refractivity contribution < 1.29 is 23.8 Å². The van der Waals surface area contributed by atoms with Crippen molar-refractivity contribution in [1.82, 2.24) is 9.80 Å². The third kappa shape index (κ3) is 3.83. The van der Waals surface area contributed by atoms with Crippen LogP contribution in [-0.4, -0.2) is 66.2 Å². The van der Waals surface area contributed by atoms with E-state index in [2.05, 4.69) is 0 Å². The van der Waals surface area contributed by atoms with Gasteiger partial charge in [-0.3, -0.25) is 14.5 Å². The molecule has 0 radical (unpaired) electrons. The number of furan rings is 1. The highest BCUT2D eigenvalue weighted by Crippen LogP contribution is 2.19. The lowest BCUT2D eigenvalue weighted by Crippen LogP contribution is -2.43. The van der Waals surface area contributed by atoms with Crippen molar-refractivity contribution >= 4 is 11.9 Å². The minimum atomic E-state index is -0.614. The summed E-state index contributed by atoms with van der Waals surface area (Å²) in [5.41, 5.74) is 0. The zero-order valence-electron chi connectivity index (χ0n) is 12.2. The molecule has 1 aromatic heterocycles. The van der Waals surface area contributed by atoms with Gasteiger partial charge in [-0.05, 0) is 12.1 Å². The van der Waals surface area contributed by atoms with Crippen molar-refractivity contribution in [1.29, 1.82) is 0 Å². The number of ether oxygens (including phenoxy) is 1. The second kappa shape index (κ2) is 6.73. The number of methoxy groups -OCH3 is 1. The maximum absolute atomic E-state index is 12.2. The molecule has 0 aliphatic carbocycles. The molecule has 1 fully saturated rings. The number of hydrogen-bond acceptors (Lipinski definition) is 6. The number of carbonyl (C=O) groups excluding carboxylic acids is 2. The van der Waals surface area contributed by atoms with Gasteiger partial charge < -0.3 is 19.2 Å². The molecule has 2 unspecified atom stereocenters. The number of β-amino-alcohol motifs (C(OH)–C–C–N with tert-alkyl or cyclic N) is 1. The molecule has 1 aliphatic heterocycles. The van der Waals surface area contributed by atoms with E-state index in [1.54, 1.807) is 30.3 Å². The highest BCUT2D eigenvalue weighted by Gasteiger charge is 2.37. The average molecular weight is 296 g/mol. The van der Waals surface area contributed by atoms with Crippen molar-refractivity contribution in [3.05, 3.63) is 24.2 Å². The molecule has 0 bridgehead atoms. The van der Waals surface area contributed by atoms with E-state index in [0.717, 1.165) is 0 Å². The Morgan fingerprint density at radius 1 is 1.57 bits per heavy atom. The van der Waals surface area contributed by atoms with E-state index in [1.165, 1.54) is 12.0 Å². The van der Waals surface area contributed by atoms with Gasteiger partial charge in [-0.25, -0.2) is 0 Å². The van der Waals surface area contributed by atoms with Gasteiger partial charge in [0.1, 0.15) is 11.8 Å². The topological polar surface area (TPSA) is 83.2 Å². The monoisotopic (exact) mass is 296 g/mol. The zero-order valence-corrected chi connectivity index (χ0v) is 12.2. The van der Waals surface area contributed by atoms with Crippen LogP contribution in [0.4, 0.5) is 0 Å². The molecule has 2 rings (SSSR count). The molecule has 0 spiro atoms. The Balaban J connectivity index is 1.92. The molecule has 1 amide bonds. The van der Waals surface area contributed by atoms with Crippen LogP contribution in [0.1, 0.15) is 12.2 Å². The molecule has 0 saturated carbocycles. The van der Waals surface area contributed by atoms with Gasteiger partial charge in [0.25, 0.3) is 0 Å². The Morgan fingerprint density at radius 2 is 2.33 bits per heavy atom. The van der Waals surface area contributed by atoms with Crippen molar-refractivity contribution in [2.24, 2.45) is 0 Å². The molecule has 1 aliphatic rings. The van der Waals surface area contributed by atoms with Crippen LogP contribution in [0.25, 0.3) is 0 Å². The number of esters is 1. The van der Waals surface area contributed by atoms with E-state index in [1.807, 2.05) is 0 Å². The molecule has 1 N–H and O–H groups in total. The Bertz CT molecular complexity index is 488. The van der Waals surface area contributed by atoms with Crippen LogP contribution in [0.3, 0.4) is 0 Å². The lowest BCUT2D eigenvalue weighted by atomic mass is 10.2. The number of likely N-dealkylation sites (tertiary alicyclic amines) is 1. The highest BCUT2D eigenvalue weighted by atomic mass is 16.5. The summed E-state index contributed by atoms with van der Waals surface area (Å²) in [6.45, 7) is 0.721. The smallest absolute Gasteiger partial charge is 0.323 e. The zero-order chi connectivity index (χ0) is 15.4. The lowest BCUT2D eigenvalue weighted by Gasteiger charge is -2.24. The fraction of sp³-hybridized carbons (Fsp3) is 0.571. The number of rotatable bonds is 5. The third-order valence-corrected chi connectivity index (χ3v) is 3.59. The van der Waals surface area contributed by atoms with Crippen LogP contribution in [0.2, 0.25) is 0 Å². The Kier molecular flexibility index (Phi) is 4.98. The maximum Gasteiger partial charge on any atom is 0.323 e. The molecule has 7 heteroatoms. The number of nitrogens with zero attached hydrogens (tertiary/aromatic N) is 2. The van der Waals surface area contributed by atoms with Gasteiger partial charge in [-0.15, -0.1) is 0 Å². The molecule has 7 nitrogen and oxygen atoms in total. The van der Waals surface area contributed by atoms with Gasteiger partial charge in [-0.2, -0.15) is 0 Å². The van der Waals surface area contributed by atoms with Gasteiger partial charge in [0.2, 0.25) is 5.91 Å². The summed E-state index contributed by atoms with van der Waals surface area (Å²) in [5.74, 6) is 0.124. The first kappa shape index (κ1) is 15.5. The quantitative estimate of drug-likeness (QED) is 0.761. The average Bonchev–Trinajstić information content (AvgIpc) is 3.07. The summed E-state index contributed by atoms with van der Waals surface area (Å²) in [6.07, 6.45) is 1.23. The van der Waals surface area contributed by atoms with E-state index in [9.17, 15) is 14.7 Å². The van der Waals surface area contributed by atoms with Crippen LogP contribution in [0, 0.1) is 0 Å². The summed E-state index contributed by atoms with van der Waals surface area (Å²) < 4.78 is 9.90. The number of aliphatic hydroxyl groups is 1.